The Labute approximate surface area is 224 Å². The minimum Gasteiger partial charge on any atom is -0.480 e. The summed E-state index contributed by atoms with van der Waals surface area (Å²) in [5.74, 6) is 5.78. The van der Waals surface area contributed by atoms with Crippen LogP contribution in [-0.2, 0) is 13.5 Å². The maximum absolute atomic E-state index is 13.4. The van der Waals surface area contributed by atoms with E-state index >= 15 is 0 Å². The summed E-state index contributed by atoms with van der Waals surface area (Å²) in [5.41, 5.74) is 13.6. The maximum Gasteiger partial charge on any atom is 0.271 e. The van der Waals surface area contributed by atoms with Crippen LogP contribution in [-0.4, -0.2) is 37.3 Å². The highest BCUT2D eigenvalue weighted by Crippen LogP contribution is 2.19. The van der Waals surface area contributed by atoms with Crippen molar-refractivity contribution in [1.29, 1.82) is 0 Å². The SMILES string of the molecule is CCc1cc2cccc(C#Cc3cnn(C)c3)c2c(=O)n1-c1ccccc1.COc1cnc(C(N)=O)c(N)n1. The molecule has 5 aromatic rings. The first-order chi connectivity index (χ1) is 18.8. The summed E-state index contributed by atoms with van der Waals surface area (Å²) >= 11 is 0. The van der Waals surface area contributed by atoms with Gasteiger partial charge in [0.15, 0.2) is 11.5 Å². The molecule has 0 bridgehead atoms. The lowest BCUT2D eigenvalue weighted by Gasteiger charge is -2.14. The van der Waals surface area contributed by atoms with Gasteiger partial charge in [0, 0.05) is 30.2 Å². The Kier molecular flexibility index (Phi) is 8.02. The highest BCUT2D eigenvalue weighted by Gasteiger charge is 2.12. The molecule has 5 rings (SSSR count). The zero-order valence-corrected chi connectivity index (χ0v) is 21.8. The van der Waals surface area contributed by atoms with E-state index in [1.807, 2.05) is 61.8 Å². The zero-order chi connectivity index (χ0) is 27.9. The molecule has 0 atom stereocenters. The van der Waals surface area contributed by atoms with Crippen molar-refractivity contribution in [2.45, 2.75) is 13.3 Å². The maximum atomic E-state index is 13.4. The van der Waals surface area contributed by atoms with E-state index in [9.17, 15) is 9.59 Å². The number of rotatable bonds is 4. The molecule has 39 heavy (non-hydrogen) atoms. The second-order valence-corrected chi connectivity index (χ2v) is 8.40. The number of nitrogens with two attached hydrogens (primary N) is 2. The molecule has 196 valence electrons. The largest absolute Gasteiger partial charge is 0.480 e. The van der Waals surface area contributed by atoms with Gasteiger partial charge >= 0.3 is 0 Å². The first kappa shape index (κ1) is 26.6. The van der Waals surface area contributed by atoms with Gasteiger partial charge in [0.25, 0.3) is 11.5 Å². The number of hydrogen-bond donors (Lipinski definition) is 2. The summed E-state index contributed by atoms with van der Waals surface area (Å²) < 4.78 is 8.22. The number of para-hydroxylation sites is 1. The van der Waals surface area contributed by atoms with Crippen LogP contribution >= 0.6 is 0 Å². The van der Waals surface area contributed by atoms with Crippen LogP contribution < -0.4 is 21.8 Å². The number of amides is 1. The lowest BCUT2D eigenvalue weighted by molar-refractivity contribution is 0.0996. The van der Waals surface area contributed by atoms with Crippen molar-refractivity contribution in [2.24, 2.45) is 12.8 Å². The van der Waals surface area contributed by atoms with Gasteiger partial charge in [0.05, 0.1) is 30.5 Å². The van der Waals surface area contributed by atoms with E-state index in [4.69, 9.17) is 16.2 Å². The van der Waals surface area contributed by atoms with Gasteiger partial charge in [-0.2, -0.15) is 10.1 Å². The lowest BCUT2D eigenvalue weighted by atomic mass is 10.0. The fourth-order valence-corrected chi connectivity index (χ4v) is 3.94. The fraction of sp³-hybridized carbons (Fsp3) is 0.138. The molecule has 1 amide bonds. The summed E-state index contributed by atoms with van der Waals surface area (Å²) in [6, 6.07) is 17.6. The van der Waals surface area contributed by atoms with Crippen LogP contribution in [0.25, 0.3) is 16.5 Å². The van der Waals surface area contributed by atoms with E-state index in [1.54, 1.807) is 15.4 Å². The van der Waals surface area contributed by atoms with Gasteiger partial charge < -0.3 is 16.2 Å². The molecule has 0 aliphatic carbocycles. The minimum absolute atomic E-state index is 0.0261. The third-order valence-corrected chi connectivity index (χ3v) is 5.77. The number of fused-ring (bicyclic) bond motifs is 1. The molecule has 0 aliphatic heterocycles. The summed E-state index contributed by atoms with van der Waals surface area (Å²) in [6.45, 7) is 2.06. The molecule has 0 unspecified atom stereocenters. The van der Waals surface area contributed by atoms with Crippen LogP contribution in [0, 0.1) is 11.8 Å². The Morgan fingerprint density at radius 3 is 2.46 bits per heavy atom. The van der Waals surface area contributed by atoms with Gasteiger partial charge in [0.1, 0.15) is 0 Å². The van der Waals surface area contributed by atoms with Crippen LogP contribution in [0.4, 0.5) is 5.82 Å². The van der Waals surface area contributed by atoms with Gasteiger partial charge in [-0.1, -0.05) is 49.1 Å². The first-order valence-electron chi connectivity index (χ1n) is 12.0. The highest BCUT2D eigenvalue weighted by molar-refractivity contribution is 5.95. The van der Waals surface area contributed by atoms with Gasteiger partial charge in [-0.15, -0.1) is 0 Å². The summed E-state index contributed by atoms with van der Waals surface area (Å²) in [5, 5.41) is 5.70. The quantitative estimate of drug-likeness (QED) is 0.346. The molecule has 2 aromatic carbocycles. The second-order valence-electron chi connectivity index (χ2n) is 8.40. The average Bonchev–Trinajstić information content (AvgIpc) is 3.37. The molecular weight excluding hydrogens is 494 g/mol. The van der Waals surface area contributed by atoms with Crippen molar-refractivity contribution < 1.29 is 9.53 Å². The average molecular weight is 522 g/mol. The molecule has 3 aromatic heterocycles. The molecule has 3 heterocycles. The van der Waals surface area contributed by atoms with Crippen LogP contribution in [0.3, 0.4) is 0 Å². The Balaban J connectivity index is 0.000000247. The van der Waals surface area contributed by atoms with E-state index < -0.39 is 5.91 Å². The highest BCUT2D eigenvalue weighted by atomic mass is 16.5. The minimum atomic E-state index is -0.706. The summed E-state index contributed by atoms with van der Waals surface area (Å²) in [7, 11) is 3.28. The molecule has 4 N–H and O–H groups in total. The molecule has 10 heteroatoms. The van der Waals surface area contributed by atoms with Crippen molar-refractivity contribution in [3.63, 3.8) is 0 Å². The number of anilines is 1. The van der Waals surface area contributed by atoms with Crippen LogP contribution in [0.15, 0.2) is 78.0 Å². The third kappa shape index (κ3) is 5.94. The second kappa shape index (κ2) is 11.7. The normalized spacial score (nSPS) is 10.2. The topological polar surface area (TPSA) is 144 Å². The van der Waals surface area contributed by atoms with Gasteiger partial charge in [-0.05, 0) is 36.1 Å². The number of hydrogen-bond acceptors (Lipinski definition) is 7. The summed E-state index contributed by atoms with van der Waals surface area (Å²) in [6.07, 6.45) is 5.62. The number of aryl methyl sites for hydroxylation is 2. The summed E-state index contributed by atoms with van der Waals surface area (Å²) in [4.78, 5) is 31.4. The molecule has 0 spiro atoms. The molecule has 0 radical (unpaired) electrons. The van der Waals surface area contributed by atoms with E-state index in [-0.39, 0.29) is 23.0 Å². The van der Waals surface area contributed by atoms with Crippen LogP contribution in [0.1, 0.15) is 34.2 Å². The van der Waals surface area contributed by atoms with Gasteiger partial charge in [0.2, 0.25) is 5.88 Å². The molecule has 0 fully saturated rings. The van der Waals surface area contributed by atoms with Crippen molar-refractivity contribution >= 4 is 22.5 Å². The standard InChI is InChI=1S/C23H19N3O.C6H8N4O2/c1-3-20-14-19-9-7-8-18(13-12-17-15-24-25(2)16-17)22(19)23(27)26(20)21-10-5-4-6-11-21;1-12-3-2-9-4(6(8)11)5(7)10-3/h4-11,14-16H,3H2,1-2H3;2H,1H3,(H2,7,10)(H2,8,11). The van der Waals surface area contributed by atoms with Gasteiger partial charge in [-0.25, -0.2) is 4.98 Å². The van der Waals surface area contributed by atoms with Gasteiger partial charge in [-0.3, -0.25) is 18.8 Å². The number of ether oxygens (including phenoxy) is 1. The van der Waals surface area contributed by atoms with Crippen LogP contribution in [0.2, 0.25) is 0 Å². The zero-order valence-electron chi connectivity index (χ0n) is 21.8. The third-order valence-electron chi connectivity index (χ3n) is 5.77. The predicted molar refractivity (Wildman–Crippen MR) is 150 cm³/mol. The molecule has 0 aliphatic rings. The Hall–Kier alpha value is -5.43. The number of methoxy groups -OCH3 is 1. The van der Waals surface area contributed by atoms with Crippen molar-refractivity contribution in [2.75, 3.05) is 12.8 Å². The Morgan fingerprint density at radius 1 is 1.08 bits per heavy atom. The smallest absolute Gasteiger partial charge is 0.271 e. The fourth-order valence-electron chi connectivity index (χ4n) is 3.94. The van der Waals surface area contributed by atoms with Crippen molar-refractivity contribution in [3.05, 3.63) is 106 Å². The van der Waals surface area contributed by atoms with Crippen molar-refractivity contribution in [1.82, 2.24) is 24.3 Å². The Bertz CT molecular complexity index is 1760. The monoisotopic (exact) mass is 521 g/mol. The first-order valence-corrected chi connectivity index (χ1v) is 12.0. The van der Waals surface area contributed by atoms with Crippen molar-refractivity contribution in [3.8, 4) is 23.4 Å². The van der Waals surface area contributed by atoms with E-state index in [1.165, 1.54) is 13.3 Å². The number of primary amides is 1. The lowest BCUT2D eigenvalue weighted by Crippen LogP contribution is -2.22. The number of aromatic nitrogens is 5. The number of nitrogens with zero attached hydrogens (tertiary/aromatic N) is 5. The molecule has 10 nitrogen and oxygen atoms in total. The van der Waals surface area contributed by atoms with E-state index in [0.717, 1.165) is 34.3 Å². The van der Waals surface area contributed by atoms with E-state index in [2.05, 4.69) is 39.9 Å². The molecule has 0 saturated carbocycles. The molecule has 0 saturated heterocycles. The number of carbonyl (C=O) groups is 1. The number of nitrogen functional groups attached to an aromatic ring is 1. The van der Waals surface area contributed by atoms with E-state index in [0.29, 0.717) is 5.39 Å². The number of pyridine rings is 1. The Morgan fingerprint density at radius 2 is 1.85 bits per heavy atom. The van der Waals surface area contributed by atoms with Crippen LogP contribution in [0.5, 0.6) is 5.88 Å². The number of benzene rings is 2. The molecular formula is C29H27N7O3. The predicted octanol–water partition coefficient (Wildman–Crippen LogP) is 2.85. The number of carbonyl (C=O) groups excluding carboxylic acids is 1.